The molecule has 0 atom stereocenters. The van der Waals surface area contributed by atoms with Gasteiger partial charge in [0.25, 0.3) is 0 Å². The molecule has 0 saturated heterocycles. The van der Waals surface area contributed by atoms with Crippen LogP contribution in [0.15, 0.2) is 24.3 Å². The van der Waals surface area contributed by atoms with Crippen LogP contribution in [0.4, 0.5) is 5.69 Å². The van der Waals surface area contributed by atoms with Crippen LogP contribution in [0.5, 0.6) is 0 Å². The second-order valence-electron chi connectivity index (χ2n) is 6.54. The van der Waals surface area contributed by atoms with Crippen molar-refractivity contribution in [2.24, 2.45) is 0 Å². The quantitative estimate of drug-likeness (QED) is 0.159. The number of benzene rings is 1. The van der Waals surface area contributed by atoms with Crippen LogP contribution < -0.4 is 56.7 Å². The maximum Gasteiger partial charge on any atom is 1.00 e. The van der Waals surface area contributed by atoms with Crippen LogP contribution in [-0.2, 0) is 14.9 Å². The summed E-state index contributed by atoms with van der Waals surface area (Å²) in [5, 5.41) is 12.0. The van der Waals surface area contributed by atoms with Crippen LogP contribution >= 0.6 is 0 Å². The number of unbranched alkanes of at least 4 members (excludes halogenated alkanes) is 8. The monoisotopic (exact) mass is 441 g/mol. The van der Waals surface area contributed by atoms with Crippen molar-refractivity contribution in [3.05, 3.63) is 29.8 Å². The predicted octanol–water partition coefficient (Wildman–Crippen LogP) is 0.720. The molecule has 0 unspecified atom stereocenters. The molecule has 1 aromatic carbocycles. The van der Waals surface area contributed by atoms with Crippen LogP contribution in [0.1, 0.15) is 69.6 Å². The van der Waals surface area contributed by atoms with E-state index in [1.807, 2.05) is 0 Å². The molecule has 0 saturated carbocycles. The van der Waals surface area contributed by atoms with Crippen molar-refractivity contribution in [2.45, 2.75) is 57.8 Å². The molecule has 28 heavy (non-hydrogen) atoms. The number of rotatable bonds is 15. The maximum absolute atomic E-state index is 11.6. The molecule has 0 aliphatic heterocycles. The third kappa shape index (κ3) is 14.9. The minimum Gasteiger partial charge on any atom is -1.00 e. The van der Waals surface area contributed by atoms with Gasteiger partial charge >= 0.3 is 67.5 Å². The number of aliphatic hydroxyl groups is 1. The van der Waals surface area contributed by atoms with Crippen molar-refractivity contribution >= 4 is 21.8 Å². The van der Waals surface area contributed by atoms with Gasteiger partial charge in [0.1, 0.15) is 0 Å². The van der Waals surface area contributed by atoms with Gasteiger partial charge in [0, 0.05) is 18.8 Å². The van der Waals surface area contributed by atoms with E-state index in [4.69, 9.17) is 9.66 Å². The second-order valence-corrected chi connectivity index (χ2v) is 7.94. The van der Waals surface area contributed by atoms with Crippen molar-refractivity contribution < 1.29 is 80.4 Å². The first-order valence-electron chi connectivity index (χ1n) is 9.49. The molecule has 1 rings (SSSR count). The molecular formula is C19H32KNO6S. The van der Waals surface area contributed by atoms with Gasteiger partial charge in [-0.1, -0.05) is 44.9 Å². The van der Waals surface area contributed by atoms with E-state index in [-0.39, 0.29) is 58.4 Å². The molecule has 9 heteroatoms. The number of esters is 1. The second kappa shape index (κ2) is 16.8. The fraction of sp³-hybridized carbons (Fsp3) is 0.632. The Morgan fingerprint density at radius 3 is 1.93 bits per heavy atom. The minimum atomic E-state index is -4.33. The van der Waals surface area contributed by atoms with Crippen LogP contribution in [0, 0.1) is 0 Å². The predicted molar refractivity (Wildman–Crippen MR) is 107 cm³/mol. The first-order valence-corrected chi connectivity index (χ1v) is 11.1. The maximum atomic E-state index is 11.6. The van der Waals surface area contributed by atoms with Gasteiger partial charge in [0.2, 0.25) is 5.94 Å². The van der Waals surface area contributed by atoms with Gasteiger partial charge in [-0.2, -0.15) is 8.42 Å². The Morgan fingerprint density at radius 2 is 1.43 bits per heavy atom. The number of hydrogen-bond acceptors (Lipinski definition) is 6. The first-order chi connectivity index (χ1) is 12.9. The van der Waals surface area contributed by atoms with E-state index in [1.165, 1.54) is 38.5 Å². The van der Waals surface area contributed by atoms with Gasteiger partial charge in [0.15, 0.2) is 0 Å². The van der Waals surface area contributed by atoms with Gasteiger partial charge in [-0.25, -0.2) is 4.79 Å². The summed E-state index contributed by atoms with van der Waals surface area (Å²) in [6.45, 7) is 1.15. The SMILES string of the molecule is O=C(OCS(=O)(=O)O)c1ccc(NCCCCCCCCCCCO)cc1.[H-].[K+]. The van der Waals surface area contributed by atoms with Gasteiger partial charge in [0.05, 0.1) is 5.56 Å². The Kier molecular flexibility index (Phi) is 16.8. The van der Waals surface area contributed by atoms with E-state index in [0.29, 0.717) is 6.61 Å². The van der Waals surface area contributed by atoms with Crippen LogP contribution in [-0.4, -0.2) is 43.1 Å². The third-order valence-corrected chi connectivity index (χ3v) is 4.54. The van der Waals surface area contributed by atoms with Crippen molar-refractivity contribution in [3.8, 4) is 0 Å². The molecule has 0 bridgehead atoms. The van der Waals surface area contributed by atoms with Crippen LogP contribution in [0.25, 0.3) is 0 Å². The average molecular weight is 442 g/mol. The topological polar surface area (TPSA) is 113 Å². The molecule has 0 fully saturated rings. The fourth-order valence-corrected chi connectivity index (χ4v) is 2.90. The van der Waals surface area contributed by atoms with E-state index >= 15 is 0 Å². The van der Waals surface area contributed by atoms with Gasteiger partial charge < -0.3 is 16.6 Å². The number of anilines is 1. The van der Waals surface area contributed by atoms with Crippen molar-refractivity contribution in [2.75, 3.05) is 24.4 Å². The molecule has 1 aromatic rings. The zero-order valence-corrected chi connectivity index (χ0v) is 20.7. The molecule has 0 spiro atoms. The summed E-state index contributed by atoms with van der Waals surface area (Å²) in [5.41, 5.74) is 1.11. The Morgan fingerprint density at radius 1 is 0.929 bits per heavy atom. The van der Waals surface area contributed by atoms with Gasteiger partial charge in [-0.05, 0) is 37.1 Å². The van der Waals surface area contributed by atoms with Gasteiger partial charge in [-0.3, -0.25) is 4.55 Å². The molecule has 0 heterocycles. The number of carbonyl (C=O) groups excluding carboxylic acids is 1. The Bertz CT molecular complexity index is 643. The third-order valence-electron chi connectivity index (χ3n) is 4.12. The molecule has 3 N–H and O–H groups in total. The summed E-state index contributed by atoms with van der Waals surface area (Å²) < 4.78 is 34.2. The normalized spacial score (nSPS) is 10.9. The number of hydrogen-bond donors (Lipinski definition) is 3. The van der Waals surface area contributed by atoms with E-state index in [2.05, 4.69) is 10.1 Å². The fourth-order valence-electron chi connectivity index (χ4n) is 2.64. The average Bonchev–Trinajstić information content (AvgIpc) is 2.64. The summed E-state index contributed by atoms with van der Waals surface area (Å²) in [6.07, 6.45) is 10.5. The van der Waals surface area contributed by atoms with E-state index < -0.39 is 22.0 Å². The molecule has 0 radical (unpaired) electrons. The molecule has 0 aliphatic carbocycles. The molecule has 0 amide bonds. The Balaban J connectivity index is 0. The van der Waals surface area contributed by atoms with E-state index in [1.54, 1.807) is 24.3 Å². The van der Waals surface area contributed by atoms with Gasteiger partial charge in [-0.15, -0.1) is 0 Å². The Labute approximate surface area is 212 Å². The molecule has 156 valence electrons. The smallest absolute Gasteiger partial charge is 1.00 e. The summed E-state index contributed by atoms with van der Waals surface area (Å²) >= 11 is 0. The number of aliphatic hydroxyl groups excluding tert-OH is 1. The van der Waals surface area contributed by atoms with Crippen molar-refractivity contribution in [1.82, 2.24) is 0 Å². The Hall–Kier alpha value is -0.00364. The number of ether oxygens (including phenoxy) is 1. The summed E-state index contributed by atoms with van der Waals surface area (Å²) in [4.78, 5) is 11.6. The largest absolute Gasteiger partial charge is 1.00 e. The van der Waals surface area contributed by atoms with E-state index in [9.17, 15) is 13.2 Å². The number of carbonyl (C=O) groups is 1. The zero-order chi connectivity index (χ0) is 20.0. The molecule has 0 aromatic heterocycles. The summed E-state index contributed by atoms with van der Waals surface area (Å²) in [5.74, 6) is -1.84. The number of nitrogens with one attached hydrogen (secondary N) is 1. The first kappa shape index (κ1) is 28.0. The van der Waals surface area contributed by atoms with E-state index in [0.717, 1.165) is 31.5 Å². The van der Waals surface area contributed by atoms with Crippen LogP contribution in [0.2, 0.25) is 0 Å². The molecule has 7 nitrogen and oxygen atoms in total. The standard InChI is InChI=1S/C19H31NO6S.K.H/c21-15-9-7-5-3-1-2-4-6-8-14-20-18-12-10-17(11-13-18)19(22)26-16-27(23,24)25;;/h10-13,20-21H,1-9,14-16H2,(H,23,24,25);;/q;+1;-1. The minimum absolute atomic E-state index is 0. The zero-order valence-electron chi connectivity index (χ0n) is 17.7. The summed E-state index contributed by atoms with van der Waals surface area (Å²) in [7, 11) is -4.33. The summed E-state index contributed by atoms with van der Waals surface area (Å²) in [6, 6.07) is 6.56. The van der Waals surface area contributed by atoms with Crippen molar-refractivity contribution in [1.29, 1.82) is 0 Å². The molecular weight excluding hydrogens is 409 g/mol. The van der Waals surface area contributed by atoms with Crippen LogP contribution in [0.3, 0.4) is 0 Å². The van der Waals surface area contributed by atoms with Crippen molar-refractivity contribution in [3.63, 3.8) is 0 Å². The molecule has 0 aliphatic rings.